The van der Waals surface area contributed by atoms with Crippen molar-refractivity contribution in [2.45, 2.75) is 37.9 Å². The van der Waals surface area contributed by atoms with Gasteiger partial charge in [0.25, 0.3) is 0 Å². The van der Waals surface area contributed by atoms with Crippen LogP contribution in [0.25, 0.3) is 0 Å². The molecule has 1 heterocycles. The Balaban J connectivity index is 1.97. The topological polar surface area (TPSA) is 54.5 Å². The van der Waals surface area contributed by atoms with Crippen LogP contribution in [-0.2, 0) is 14.8 Å². The van der Waals surface area contributed by atoms with Crippen LogP contribution in [0, 0.1) is 17.8 Å². The molecule has 5 heteroatoms. The maximum Gasteiger partial charge on any atom is 0.241 e. The minimum atomic E-state index is -3.41. The van der Waals surface area contributed by atoms with E-state index in [1.54, 1.807) is 0 Å². The molecule has 0 aromatic heterocycles. The first-order valence-corrected chi connectivity index (χ1v) is 8.31. The van der Waals surface area contributed by atoms with E-state index in [2.05, 4.69) is 6.08 Å². The van der Waals surface area contributed by atoms with E-state index in [4.69, 9.17) is 0 Å². The van der Waals surface area contributed by atoms with Crippen LogP contribution < -0.4 is 0 Å². The molecule has 1 aliphatic heterocycles. The number of fused-ring (bicyclic) bond motifs is 1. The third-order valence-electron chi connectivity index (χ3n) is 4.57. The molecule has 0 aromatic rings. The predicted octanol–water partition coefficient (Wildman–Crippen LogP) is 1.54. The molecule has 18 heavy (non-hydrogen) atoms. The number of unbranched alkanes of at least 4 members (excludes halogenated alkanes) is 1. The zero-order valence-corrected chi connectivity index (χ0v) is 11.4. The molecule has 1 saturated carbocycles. The van der Waals surface area contributed by atoms with E-state index in [1.807, 2.05) is 13.0 Å². The fourth-order valence-electron chi connectivity index (χ4n) is 3.65. The van der Waals surface area contributed by atoms with Crippen LogP contribution in [0.15, 0.2) is 12.2 Å². The summed E-state index contributed by atoms with van der Waals surface area (Å²) in [5.74, 6) is -0.238. The van der Waals surface area contributed by atoms with Crippen molar-refractivity contribution < 1.29 is 13.2 Å². The van der Waals surface area contributed by atoms with Gasteiger partial charge in [-0.2, -0.15) is 0 Å². The SMILES string of the molecule is CCCCN1C(=O)[C@@H]2[C@@H]([C@@H]3C=C[C@H]2CC3)S1(=O)=O. The number of carbonyl (C=O) groups is 1. The highest BCUT2D eigenvalue weighted by atomic mass is 32.2. The summed E-state index contributed by atoms with van der Waals surface area (Å²) in [7, 11) is -3.41. The van der Waals surface area contributed by atoms with E-state index in [0.717, 1.165) is 25.7 Å². The monoisotopic (exact) mass is 269 g/mol. The Morgan fingerprint density at radius 1 is 1.28 bits per heavy atom. The van der Waals surface area contributed by atoms with Gasteiger partial charge in [-0.1, -0.05) is 25.5 Å². The summed E-state index contributed by atoms with van der Waals surface area (Å²) in [5.41, 5.74) is 0. The van der Waals surface area contributed by atoms with Gasteiger partial charge in [-0.3, -0.25) is 4.79 Å². The van der Waals surface area contributed by atoms with Crippen molar-refractivity contribution in [3.8, 4) is 0 Å². The van der Waals surface area contributed by atoms with Gasteiger partial charge in [0.05, 0.1) is 11.2 Å². The van der Waals surface area contributed by atoms with Gasteiger partial charge in [0.15, 0.2) is 0 Å². The third kappa shape index (κ3) is 1.49. The first-order valence-electron chi connectivity index (χ1n) is 6.81. The van der Waals surface area contributed by atoms with Crippen molar-refractivity contribution in [1.82, 2.24) is 4.31 Å². The van der Waals surface area contributed by atoms with Crippen LogP contribution in [0.1, 0.15) is 32.6 Å². The smallest absolute Gasteiger partial charge is 0.241 e. The number of allylic oxidation sites excluding steroid dienone is 2. The molecule has 4 nitrogen and oxygen atoms in total. The van der Waals surface area contributed by atoms with Crippen LogP contribution in [0.4, 0.5) is 0 Å². The Hall–Kier alpha value is -0.840. The Bertz CT molecular complexity index is 496. The number of hydrogen-bond acceptors (Lipinski definition) is 3. The summed E-state index contributed by atoms with van der Waals surface area (Å²) < 4.78 is 26.2. The van der Waals surface area contributed by atoms with Gasteiger partial charge in [-0.25, -0.2) is 12.7 Å². The lowest BCUT2D eigenvalue weighted by molar-refractivity contribution is -0.131. The number of nitrogens with zero attached hydrogens (tertiary/aromatic N) is 1. The van der Waals surface area contributed by atoms with E-state index in [1.165, 1.54) is 4.31 Å². The molecular weight excluding hydrogens is 250 g/mol. The number of amides is 1. The molecular formula is C13H19NO3S. The van der Waals surface area contributed by atoms with Crippen molar-refractivity contribution in [2.75, 3.05) is 6.54 Å². The second-order valence-corrected chi connectivity index (χ2v) is 7.60. The lowest BCUT2D eigenvalue weighted by Crippen LogP contribution is -2.42. The van der Waals surface area contributed by atoms with Crippen LogP contribution in [-0.4, -0.2) is 30.4 Å². The van der Waals surface area contributed by atoms with Crippen molar-refractivity contribution >= 4 is 15.9 Å². The fraction of sp³-hybridized carbons (Fsp3) is 0.769. The van der Waals surface area contributed by atoms with Gasteiger partial charge in [0.1, 0.15) is 0 Å². The lowest BCUT2D eigenvalue weighted by atomic mass is 9.68. The molecule has 3 aliphatic carbocycles. The molecule has 4 atom stereocenters. The quantitative estimate of drug-likeness (QED) is 0.730. The summed E-state index contributed by atoms with van der Waals surface area (Å²) in [6.45, 7) is 2.37. The number of hydrogen-bond donors (Lipinski definition) is 0. The van der Waals surface area contributed by atoms with E-state index in [9.17, 15) is 13.2 Å². The first-order chi connectivity index (χ1) is 8.57. The molecule has 0 radical (unpaired) electrons. The zero-order chi connectivity index (χ0) is 12.9. The van der Waals surface area contributed by atoms with E-state index in [0.29, 0.717) is 6.54 Å². The van der Waals surface area contributed by atoms with Crippen LogP contribution >= 0.6 is 0 Å². The van der Waals surface area contributed by atoms with Crippen molar-refractivity contribution in [3.05, 3.63) is 12.2 Å². The molecule has 4 rings (SSSR count). The maximum atomic E-state index is 12.5. The highest BCUT2D eigenvalue weighted by molar-refractivity contribution is 7.90. The fourth-order valence-corrected chi connectivity index (χ4v) is 6.06. The average Bonchev–Trinajstić information content (AvgIpc) is 2.59. The maximum absolute atomic E-state index is 12.5. The molecule has 1 amide bonds. The molecule has 0 N–H and O–H groups in total. The standard InChI is InChI=1S/C13H19NO3S/c1-2-3-8-14-13(15)11-9-4-6-10(7-5-9)12(11)18(14,16)17/h4,6,9-12H,2-3,5,7-8H2,1H3/t9-,10+,11-,12+/m0/s1. The average molecular weight is 269 g/mol. The number of sulfonamides is 1. The molecule has 100 valence electrons. The Kier molecular flexibility index (Phi) is 2.77. The summed E-state index contributed by atoms with van der Waals surface area (Å²) in [6, 6.07) is 0. The van der Waals surface area contributed by atoms with Gasteiger partial charge < -0.3 is 0 Å². The Labute approximate surface area is 108 Å². The minimum Gasteiger partial charge on any atom is -0.273 e. The summed E-state index contributed by atoms with van der Waals surface area (Å²) >= 11 is 0. The second-order valence-electron chi connectivity index (χ2n) is 5.59. The van der Waals surface area contributed by atoms with E-state index >= 15 is 0 Å². The van der Waals surface area contributed by atoms with E-state index < -0.39 is 15.3 Å². The highest BCUT2D eigenvalue weighted by Gasteiger charge is 2.59. The minimum absolute atomic E-state index is 0.0561. The van der Waals surface area contributed by atoms with Gasteiger partial charge in [-0.15, -0.1) is 0 Å². The van der Waals surface area contributed by atoms with Crippen LogP contribution in [0.2, 0.25) is 0 Å². The van der Waals surface area contributed by atoms with E-state index in [-0.39, 0.29) is 23.7 Å². The Morgan fingerprint density at radius 3 is 2.50 bits per heavy atom. The lowest BCUT2D eigenvalue weighted by Gasteiger charge is -2.37. The van der Waals surface area contributed by atoms with Crippen LogP contribution in [0.3, 0.4) is 0 Å². The van der Waals surface area contributed by atoms with Gasteiger partial charge in [0, 0.05) is 6.54 Å². The third-order valence-corrected chi connectivity index (χ3v) is 6.88. The normalized spacial score (nSPS) is 40.3. The van der Waals surface area contributed by atoms with Gasteiger partial charge in [0.2, 0.25) is 15.9 Å². The molecule has 0 aromatic carbocycles. The summed E-state index contributed by atoms with van der Waals surface area (Å²) in [4.78, 5) is 12.4. The molecule has 2 bridgehead atoms. The van der Waals surface area contributed by atoms with Gasteiger partial charge in [-0.05, 0) is 31.1 Å². The Morgan fingerprint density at radius 2 is 1.94 bits per heavy atom. The largest absolute Gasteiger partial charge is 0.273 e. The summed E-state index contributed by atoms with van der Waals surface area (Å²) in [5, 5.41) is -0.467. The number of rotatable bonds is 3. The van der Waals surface area contributed by atoms with Crippen molar-refractivity contribution in [1.29, 1.82) is 0 Å². The predicted molar refractivity (Wildman–Crippen MR) is 68.2 cm³/mol. The van der Waals surface area contributed by atoms with Crippen LogP contribution in [0.5, 0.6) is 0 Å². The number of carbonyl (C=O) groups excluding carboxylic acids is 1. The van der Waals surface area contributed by atoms with Gasteiger partial charge >= 0.3 is 0 Å². The summed E-state index contributed by atoms with van der Waals surface area (Å²) in [6.07, 6.45) is 7.62. The first kappa shape index (κ1) is 12.2. The highest BCUT2D eigenvalue weighted by Crippen LogP contribution is 2.49. The molecule has 0 unspecified atom stereocenters. The molecule has 1 saturated heterocycles. The second kappa shape index (κ2) is 4.08. The van der Waals surface area contributed by atoms with Crippen molar-refractivity contribution in [2.24, 2.45) is 17.8 Å². The zero-order valence-electron chi connectivity index (χ0n) is 10.6. The molecule has 0 spiro atoms. The van der Waals surface area contributed by atoms with Crippen molar-refractivity contribution in [3.63, 3.8) is 0 Å². The molecule has 4 aliphatic rings. The molecule has 2 fully saturated rings.